The molecular weight excluding hydrogens is 302 g/mol. The monoisotopic (exact) mass is 331 g/mol. The van der Waals surface area contributed by atoms with E-state index in [1.54, 1.807) is 0 Å². The third kappa shape index (κ3) is 4.73. The first-order chi connectivity index (χ1) is 11.4. The van der Waals surface area contributed by atoms with Crippen LogP contribution in [0.15, 0.2) is 24.3 Å². The van der Waals surface area contributed by atoms with E-state index in [9.17, 15) is 9.59 Å². The maximum Gasteiger partial charge on any atom is 0.253 e. The standard InChI is InChI=1S/C19H29N3O2/c1-15(2)13-18(23)21-9-6-10-22(12-11-21)19(24)16-7-5-8-17(14-16)20(3)4/h5,7-8,14-15H,6,9-13H2,1-4H3. The smallest absolute Gasteiger partial charge is 0.253 e. The molecule has 0 N–H and O–H groups in total. The number of anilines is 1. The van der Waals surface area contributed by atoms with Gasteiger partial charge in [0.2, 0.25) is 5.91 Å². The second kappa shape index (κ2) is 8.18. The summed E-state index contributed by atoms with van der Waals surface area (Å²) in [5.74, 6) is 0.623. The van der Waals surface area contributed by atoms with E-state index in [1.807, 2.05) is 53.1 Å². The molecule has 5 nitrogen and oxygen atoms in total. The highest BCUT2D eigenvalue weighted by Gasteiger charge is 2.23. The Morgan fingerprint density at radius 2 is 1.75 bits per heavy atom. The SMILES string of the molecule is CC(C)CC(=O)N1CCCN(C(=O)c2cccc(N(C)C)c2)CC1. The first-order valence-corrected chi connectivity index (χ1v) is 8.73. The quantitative estimate of drug-likeness (QED) is 0.851. The van der Waals surface area contributed by atoms with Gasteiger partial charge < -0.3 is 14.7 Å². The fourth-order valence-corrected chi connectivity index (χ4v) is 2.95. The molecule has 1 aliphatic rings. The van der Waals surface area contributed by atoms with Gasteiger partial charge in [-0.15, -0.1) is 0 Å². The van der Waals surface area contributed by atoms with Gasteiger partial charge >= 0.3 is 0 Å². The van der Waals surface area contributed by atoms with Gasteiger partial charge in [-0.3, -0.25) is 9.59 Å². The summed E-state index contributed by atoms with van der Waals surface area (Å²) in [6.45, 7) is 6.80. The van der Waals surface area contributed by atoms with Crippen LogP contribution in [0.4, 0.5) is 5.69 Å². The number of carbonyl (C=O) groups excluding carboxylic acids is 2. The minimum atomic E-state index is 0.0526. The molecule has 0 spiro atoms. The van der Waals surface area contributed by atoms with E-state index in [0.29, 0.717) is 37.5 Å². The van der Waals surface area contributed by atoms with Gasteiger partial charge in [0.05, 0.1) is 0 Å². The molecule has 0 aliphatic carbocycles. The number of carbonyl (C=O) groups is 2. The highest BCUT2D eigenvalue weighted by atomic mass is 16.2. The Hall–Kier alpha value is -2.04. The summed E-state index contributed by atoms with van der Waals surface area (Å²) in [6, 6.07) is 7.70. The van der Waals surface area contributed by atoms with E-state index >= 15 is 0 Å². The normalized spacial score (nSPS) is 15.4. The van der Waals surface area contributed by atoms with Crippen LogP contribution in [0.3, 0.4) is 0 Å². The number of nitrogens with zero attached hydrogens (tertiary/aromatic N) is 3. The van der Waals surface area contributed by atoms with E-state index in [4.69, 9.17) is 0 Å². The third-order valence-corrected chi connectivity index (χ3v) is 4.33. The Balaban J connectivity index is 2.01. The summed E-state index contributed by atoms with van der Waals surface area (Å²) in [6.07, 6.45) is 1.42. The Morgan fingerprint density at radius 3 is 2.42 bits per heavy atom. The summed E-state index contributed by atoms with van der Waals surface area (Å²) in [5.41, 5.74) is 1.73. The summed E-state index contributed by atoms with van der Waals surface area (Å²) < 4.78 is 0. The number of hydrogen-bond donors (Lipinski definition) is 0. The highest BCUT2D eigenvalue weighted by molar-refractivity contribution is 5.95. The van der Waals surface area contributed by atoms with Gasteiger partial charge in [0.1, 0.15) is 0 Å². The third-order valence-electron chi connectivity index (χ3n) is 4.33. The molecular formula is C19H29N3O2. The second-order valence-corrected chi connectivity index (χ2v) is 7.07. The molecule has 1 aromatic rings. The minimum absolute atomic E-state index is 0.0526. The molecule has 1 aromatic carbocycles. The van der Waals surface area contributed by atoms with Crippen molar-refractivity contribution in [2.45, 2.75) is 26.7 Å². The summed E-state index contributed by atoms with van der Waals surface area (Å²) in [7, 11) is 3.93. The summed E-state index contributed by atoms with van der Waals surface area (Å²) >= 11 is 0. The summed E-state index contributed by atoms with van der Waals surface area (Å²) in [4.78, 5) is 30.8. The molecule has 0 unspecified atom stereocenters. The van der Waals surface area contributed by atoms with E-state index in [2.05, 4.69) is 13.8 Å². The predicted octanol–water partition coefficient (Wildman–Crippen LogP) is 2.47. The lowest BCUT2D eigenvalue weighted by Gasteiger charge is -2.23. The number of rotatable bonds is 4. The van der Waals surface area contributed by atoms with Gasteiger partial charge in [0, 0.05) is 57.9 Å². The van der Waals surface area contributed by atoms with E-state index < -0.39 is 0 Å². The van der Waals surface area contributed by atoms with Crippen LogP contribution < -0.4 is 4.90 Å². The van der Waals surface area contributed by atoms with Crippen molar-refractivity contribution in [3.05, 3.63) is 29.8 Å². The van der Waals surface area contributed by atoms with Gasteiger partial charge in [-0.2, -0.15) is 0 Å². The molecule has 0 atom stereocenters. The van der Waals surface area contributed by atoms with Crippen LogP contribution in [0.1, 0.15) is 37.0 Å². The van der Waals surface area contributed by atoms with Crippen LogP contribution in [0.25, 0.3) is 0 Å². The van der Waals surface area contributed by atoms with Crippen molar-refractivity contribution in [2.75, 3.05) is 45.2 Å². The van der Waals surface area contributed by atoms with Crippen molar-refractivity contribution in [3.8, 4) is 0 Å². The van der Waals surface area contributed by atoms with Crippen LogP contribution in [-0.2, 0) is 4.79 Å². The molecule has 0 radical (unpaired) electrons. The number of benzene rings is 1. The Morgan fingerprint density at radius 1 is 1.08 bits per heavy atom. The van der Waals surface area contributed by atoms with Crippen molar-refractivity contribution in [1.82, 2.24) is 9.80 Å². The van der Waals surface area contributed by atoms with Gasteiger partial charge in [0.25, 0.3) is 5.91 Å². The zero-order valence-corrected chi connectivity index (χ0v) is 15.3. The van der Waals surface area contributed by atoms with Crippen molar-refractivity contribution in [1.29, 1.82) is 0 Å². The van der Waals surface area contributed by atoms with Crippen LogP contribution >= 0.6 is 0 Å². The largest absolute Gasteiger partial charge is 0.378 e. The lowest BCUT2D eigenvalue weighted by molar-refractivity contribution is -0.131. The fraction of sp³-hybridized carbons (Fsp3) is 0.579. The Labute approximate surface area is 145 Å². The van der Waals surface area contributed by atoms with Gasteiger partial charge in [-0.05, 0) is 30.5 Å². The average molecular weight is 331 g/mol. The van der Waals surface area contributed by atoms with Gasteiger partial charge in [-0.25, -0.2) is 0 Å². The molecule has 24 heavy (non-hydrogen) atoms. The van der Waals surface area contributed by atoms with Crippen LogP contribution in [0.2, 0.25) is 0 Å². The Bertz CT molecular complexity index is 584. The maximum atomic E-state index is 12.8. The summed E-state index contributed by atoms with van der Waals surface area (Å²) in [5, 5.41) is 0. The van der Waals surface area contributed by atoms with E-state index in [-0.39, 0.29) is 11.8 Å². The van der Waals surface area contributed by atoms with Crippen molar-refractivity contribution in [3.63, 3.8) is 0 Å². The van der Waals surface area contributed by atoms with Crippen LogP contribution in [-0.4, -0.2) is 61.9 Å². The molecule has 5 heteroatoms. The highest BCUT2D eigenvalue weighted by Crippen LogP contribution is 2.16. The van der Waals surface area contributed by atoms with E-state index in [1.165, 1.54) is 0 Å². The molecule has 2 rings (SSSR count). The molecule has 1 heterocycles. The molecule has 1 fully saturated rings. The number of amides is 2. The minimum Gasteiger partial charge on any atom is -0.378 e. The zero-order valence-electron chi connectivity index (χ0n) is 15.3. The van der Waals surface area contributed by atoms with Crippen LogP contribution in [0, 0.1) is 5.92 Å². The lowest BCUT2D eigenvalue weighted by Crippen LogP contribution is -2.37. The average Bonchev–Trinajstić information content (AvgIpc) is 2.79. The molecule has 1 aliphatic heterocycles. The first-order valence-electron chi connectivity index (χ1n) is 8.73. The molecule has 0 saturated carbocycles. The Kier molecular flexibility index (Phi) is 6.23. The van der Waals surface area contributed by atoms with Crippen molar-refractivity contribution < 1.29 is 9.59 Å². The van der Waals surface area contributed by atoms with Crippen molar-refractivity contribution in [2.24, 2.45) is 5.92 Å². The molecule has 0 bridgehead atoms. The van der Waals surface area contributed by atoms with Crippen LogP contribution in [0.5, 0.6) is 0 Å². The topological polar surface area (TPSA) is 43.9 Å². The lowest BCUT2D eigenvalue weighted by atomic mass is 10.1. The number of hydrogen-bond acceptors (Lipinski definition) is 3. The molecule has 2 amide bonds. The van der Waals surface area contributed by atoms with Crippen molar-refractivity contribution >= 4 is 17.5 Å². The second-order valence-electron chi connectivity index (χ2n) is 7.07. The fourth-order valence-electron chi connectivity index (χ4n) is 2.95. The van der Waals surface area contributed by atoms with E-state index in [0.717, 1.165) is 18.7 Å². The van der Waals surface area contributed by atoms with Gasteiger partial charge in [0.15, 0.2) is 0 Å². The zero-order chi connectivity index (χ0) is 17.7. The maximum absolute atomic E-state index is 12.8. The van der Waals surface area contributed by atoms with Gasteiger partial charge in [-0.1, -0.05) is 19.9 Å². The first kappa shape index (κ1) is 18.3. The molecule has 132 valence electrons. The predicted molar refractivity (Wildman–Crippen MR) is 97.3 cm³/mol. The molecule has 0 aromatic heterocycles. The molecule has 1 saturated heterocycles.